The predicted molar refractivity (Wildman–Crippen MR) is 62.3 cm³/mol. The smallest absolute Gasteiger partial charge is 0.153 e. The molecular weight excluding hydrogens is 248 g/mol. The predicted octanol–water partition coefficient (Wildman–Crippen LogP) is 3.99. The number of hydrogen-bond acceptors (Lipinski definition) is 2. The number of rotatable bonds is 2. The number of nitrogen functional groups attached to an aromatic ring is 1. The summed E-state index contributed by atoms with van der Waals surface area (Å²) in [5.41, 5.74) is 5.38. The second kappa shape index (κ2) is 4.59. The first-order valence-electron chi connectivity index (χ1n) is 4.75. The Morgan fingerprint density at radius 1 is 1.06 bits per heavy atom. The van der Waals surface area contributed by atoms with E-state index in [9.17, 15) is 8.78 Å². The Hall–Kier alpha value is -1.81. The fraction of sp³-hybridized carbons (Fsp3) is 0. The number of hydrogen-bond donors (Lipinski definition) is 1. The van der Waals surface area contributed by atoms with Crippen molar-refractivity contribution >= 4 is 17.3 Å². The van der Waals surface area contributed by atoms with Crippen LogP contribution in [0.1, 0.15) is 0 Å². The van der Waals surface area contributed by atoms with E-state index in [1.165, 1.54) is 30.3 Å². The van der Waals surface area contributed by atoms with Crippen LogP contribution in [-0.4, -0.2) is 0 Å². The first kappa shape index (κ1) is 11.7. The maximum atomic E-state index is 13.1. The molecule has 0 radical (unpaired) electrons. The summed E-state index contributed by atoms with van der Waals surface area (Å²) >= 11 is 5.77. The topological polar surface area (TPSA) is 35.2 Å². The van der Waals surface area contributed by atoms with Gasteiger partial charge in [-0.15, -0.1) is 0 Å². The highest BCUT2D eigenvalue weighted by Crippen LogP contribution is 2.33. The molecular formula is C12H8ClF2NO. The van der Waals surface area contributed by atoms with Gasteiger partial charge in [-0.3, -0.25) is 0 Å². The highest BCUT2D eigenvalue weighted by molar-refractivity contribution is 6.32. The molecule has 0 aliphatic rings. The van der Waals surface area contributed by atoms with E-state index in [2.05, 4.69) is 0 Å². The average Bonchev–Trinajstić information content (AvgIpc) is 2.28. The lowest BCUT2D eigenvalue weighted by atomic mass is 10.3. The van der Waals surface area contributed by atoms with Gasteiger partial charge in [0.1, 0.15) is 23.1 Å². The summed E-state index contributed by atoms with van der Waals surface area (Å²) in [6.07, 6.45) is 0. The molecule has 2 rings (SSSR count). The largest absolute Gasteiger partial charge is 0.454 e. The van der Waals surface area contributed by atoms with Gasteiger partial charge in [-0.1, -0.05) is 17.7 Å². The van der Waals surface area contributed by atoms with Gasteiger partial charge in [-0.05, 0) is 30.3 Å². The minimum atomic E-state index is -0.583. The van der Waals surface area contributed by atoms with Gasteiger partial charge in [0.25, 0.3) is 0 Å². The molecule has 2 nitrogen and oxygen atoms in total. The SMILES string of the molecule is Nc1c(F)cccc1Oc1ccc(F)cc1Cl. The Labute approximate surface area is 102 Å². The van der Waals surface area contributed by atoms with Crippen molar-refractivity contribution in [2.24, 2.45) is 0 Å². The monoisotopic (exact) mass is 255 g/mol. The molecule has 0 unspecified atom stereocenters. The van der Waals surface area contributed by atoms with Crippen molar-refractivity contribution in [3.8, 4) is 11.5 Å². The first-order chi connectivity index (χ1) is 8.08. The molecule has 0 bridgehead atoms. The lowest BCUT2D eigenvalue weighted by Crippen LogP contribution is -1.95. The third kappa shape index (κ3) is 2.47. The minimum absolute atomic E-state index is 0.0914. The Morgan fingerprint density at radius 3 is 2.53 bits per heavy atom. The molecule has 0 aromatic heterocycles. The van der Waals surface area contributed by atoms with E-state index in [0.717, 1.165) is 6.07 Å². The van der Waals surface area contributed by atoms with Gasteiger partial charge in [0.2, 0.25) is 0 Å². The third-order valence-electron chi connectivity index (χ3n) is 2.13. The molecule has 0 aliphatic carbocycles. The molecule has 2 aromatic rings. The zero-order valence-corrected chi connectivity index (χ0v) is 9.34. The number of benzene rings is 2. The van der Waals surface area contributed by atoms with Crippen LogP contribution in [-0.2, 0) is 0 Å². The Morgan fingerprint density at radius 2 is 1.82 bits per heavy atom. The van der Waals surface area contributed by atoms with E-state index in [-0.39, 0.29) is 22.2 Å². The molecule has 0 atom stereocenters. The number of nitrogens with two attached hydrogens (primary N) is 1. The van der Waals surface area contributed by atoms with E-state index < -0.39 is 11.6 Å². The average molecular weight is 256 g/mol. The Balaban J connectivity index is 2.35. The number of ether oxygens (including phenoxy) is 1. The fourth-order valence-electron chi connectivity index (χ4n) is 1.28. The van der Waals surface area contributed by atoms with Crippen molar-refractivity contribution in [1.82, 2.24) is 0 Å². The quantitative estimate of drug-likeness (QED) is 0.824. The van der Waals surface area contributed by atoms with Gasteiger partial charge in [-0.2, -0.15) is 0 Å². The van der Waals surface area contributed by atoms with E-state index >= 15 is 0 Å². The maximum Gasteiger partial charge on any atom is 0.153 e. The molecule has 0 heterocycles. The van der Waals surface area contributed by atoms with Crippen LogP contribution in [0.2, 0.25) is 5.02 Å². The lowest BCUT2D eigenvalue weighted by Gasteiger charge is -2.10. The number of anilines is 1. The van der Waals surface area contributed by atoms with Crippen LogP contribution in [0.15, 0.2) is 36.4 Å². The van der Waals surface area contributed by atoms with Crippen molar-refractivity contribution in [1.29, 1.82) is 0 Å². The highest BCUT2D eigenvalue weighted by atomic mass is 35.5. The summed E-state index contributed by atoms with van der Waals surface area (Å²) in [5, 5.41) is 0.0914. The molecule has 0 fully saturated rings. The van der Waals surface area contributed by atoms with Crippen LogP contribution in [0.25, 0.3) is 0 Å². The molecule has 0 saturated carbocycles. The summed E-state index contributed by atoms with van der Waals surface area (Å²) in [5.74, 6) is -0.709. The molecule has 0 saturated heterocycles. The van der Waals surface area contributed by atoms with Gasteiger partial charge in [0.05, 0.1) is 5.02 Å². The maximum absolute atomic E-state index is 13.1. The van der Waals surface area contributed by atoms with Crippen LogP contribution >= 0.6 is 11.6 Å². The zero-order chi connectivity index (χ0) is 12.4. The summed E-state index contributed by atoms with van der Waals surface area (Å²) in [6.45, 7) is 0. The molecule has 0 aliphatic heterocycles. The molecule has 17 heavy (non-hydrogen) atoms. The van der Waals surface area contributed by atoms with Gasteiger partial charge < -0.3 is 10.5 Å². The van der Waals surface area contributed by atoms with Crippen LogP contribution in [0.4, 0.5) is 14.5 Å². The standard InChI is InChI=1S/C12H8ClF2NO/c13-8-6-7(14)4-5-10(8)17-11-3-1-2-9(15)12(11)16/h1-6H,16H2. The molecule has 5 heteroatoms. The fourth-order valence-corrected chi connectivity index (χ4v) is 1.49. The van der Waals surface area contributed by atoms with Crippen molar-refractivity contribution < 1.29 is 13.5 Å². The number of halogens is 3. The first-order valence-corrected chi connectivity index (χ1v) is 5.12. The van der Waals surface area contributed by atoms with E-state index in [1.807, 2.05) is 0 Å². The normalized spacial score (nSPS) is 10.3. The minimum Gasteiger partial charge on any atom is -0.454 e. The van der Waals surface area contributed by atoms with Crippen molar-refractivity contribution in [2.45, 2.75) is 0 Å². The molecule has 0 spiro atoms. The van der Waals surface area contributed by atoms with E-state index in [1.54, 1.807) is 0 Å². The zero-order valence-electron chi connectivity index (χ0n) is 8.58. The van der Waals surface area contributed by atoms with Crippen molar-refractivity contribution in [3.63, 3.8) is 0 Å². The number of para-hydroxylation sites is 1. The summed E-state index contributed by atoms with van der Waals surface area (Å²) in [4.78, 5) is 0. The van der Waals surface area contributed by atoms with Crippen LogP contribution in [0.3, 0.4) is 0 Å². The van der Waals surface area contributed by atoms with Crippen LogP contribution < -0.4 is 10.5 Å². The highest BCUT2D eigenvalue weighted by Gasteiger charge is 2.09. The Bertz CT molecular complexity index is 560. The van der Waals surface area contributed by atoms with Gasteiger partial charge in [0.15, 0.2) is 5.75 Å². The summed E-state index contributed by atoms with van der Waals surface area (Å²) in [6, 6.07) is 7.82. The van der Waals surface area contributed by atoms with Crippen LogP contribution in [0.5, 0.6) is 11.5 Å². The molecule has 0 amide bonds. The molecule has 2 N–H and O–H groups in total. The van der Waals surface area contributed by atoms with Crippen molar-refractivity contribution in [3.05, 3.63) is 53.1 Å². The van der Waals surface area contributed by atoms with Crippen LogP contribution in [0, 0.1) is 11.6 Å². The van der Waals surface area contributed by atoms with Gasteiger partial charge >= 0.3 is 0 Å². The second-order valence-electron chi connectivity index (χ2n) is 3.33. The van der Waals surface area contributed by atoms with Crippen molar-refractivity contribution in [2.75, 3.05) is 5.73 Å². The summed E-state index contributed by atoms with van der Waals surface area (Å²) in [7, 11) is 0. The lowest BCUT2D eigenvalue weighted by molar-refractivity contribution is 0.478. The van der Waals surface area contributed by atoms with E-state index in [4.69, 9.17) is 22.1 Å². The van der Waals surface area contributed by atoms with Gasteiger partial charge in [0, 0.05) is 0 Å². The molecule has 88 valence electrons. The Kier molecular flexibility index (Phi) is 3.15. The second-order valence-corrected chi connectivity index (χ2v) is 3.74. The summed E-state index contributed by atoms with van der Waals surface area (Å²) < 4.78 is 31.3. The molecule has 2 aromatic carbocycles. The van der Waals surface area contributed by atoms with Gasteiger partial charge in [-0.25, -0.2) is 8.78 Å². The third-order valence-corrected chi connectivity index (χ3v) is 2.42. The van der Waals surface area contributed by atoms with E-state index in [0.29, 0.717) is 0 Å².